The lowest BCUT2D eigenvalue weighted by atomic mass is 10.2. The van der Waals surface area contributed by atoms with Gasteiger partial charge in [0, 0.05) is 11.9 Å². The molecule has 0 aliphatic carbocycles. The van der Waals surface area contributed by atoms with E-state index in [9.17, 15) is 13.2 Å². The molecule has 0 fully saturated rings. The van der Waals surface area contributed by atoms with Gasteiger partial charge in [-0.2, -0.15) is 11.3 Å². The first kappa shape index (κ1) is 13.1. The smallest absolute Gasteiger partial charge is 0.252 e. The van der Waals surface area contributed by atoms with E-state index in [0.29, 0.717) is 18.5 Å². The number of nitrogens with two attached hydrogens (primary N) is 1. The van der Waals surface area contributed by atoms with Crippen LogP contribution in [0, 0.1) is 6.92 Å². The minimum absolute atomic E-state index is 0.115. The molecule has 0 bridgehead atoms. The van der Waals surface area contributed by atoms with Crippen LogP contribution in [0.4, 0.5) is 0 Å². The number of thiophene rings is 1. The SMILES string of the molecule is Cc1cscc1C(=O)NCCCS(N)(=O)=O. The number of aryl methyl sites for hydroxylation is 1. The molecule has 1 amide bonds. The number of carbonyl (C=O) groups is 1. The predicted octanol–water partition coefficient (Wildman–Crippen LogP) is 0.465. The van der Waals surface area contributed by atoms with Crippen LogP contribution in [0.25, 0.3) is 0 Å². The molecule has 7 heteroatoms. The molecule has 5 nitrogen and oxygen atoms in total. The molecule has 0 aromatic carbocycles. The summed E-state index contributed by atoms with van der Waals surface area (Å²) in [6, 6.07) is 0. The van der Waals surface area contributed by atoms with Gasteiger partial charge in [-0.15, -0.1) is 0 Å². The van der Waals surface area contributed by atoms with Crippen LogP contribution in [-0.2, 0) is 10.0 Å². The fourth-order valence-electron chi connectivity index (χ4n) is 1.16. The Labute approximate surface area is 98.7 Å². The molecule has 1 heterocycles. The molecule has 0 radical (unpaired) electrons. The van der Waals surface area contributed by atoms with E-state index in [1.54, 1.807) is 5.38 Å². The summed E-state index contributed by atoms with van der Waals surface area (Å²) in [6.07, 6.45) is 0.327. The molecule has 0 aliphatic rings. The van der Waals surface area contributed by atoms with Gasteiger partial charge in [-0.1, -0.05) is 0 Å². The van der Waals surface area contributed by atoms with Gasteiger partial charge in [-0.25, -0.2) is 13.6 Å². The third-order valence-electron chi connectivity index (χ3n) is 1.99. The van der Waals surface area contributed by atoms with Crippen molar-refractivity contribution in [3.8, 4) is 0 Å². The minimum Gasteiger partial charge on any atom is -0.352 e. The Bertz CT molecular complexity index is 465. The summed E-state index contributed by atoms with van der Waals surface area (Å²) in [5.41, 5.74) is 1.56. The van der Waals surface area contributed by atoms with Gasteiger partial charge in [0.25, 0.3) is 5.91 Å². The van der Waals surface area contributed by atoms with E-state index >= 15 is 0 Å². The topological polar surface area (TPSA) is 89.3 Å². The zero-order chi connectivity index (χ0) is 12.2. The van der Waals surface area contributed by atoms with Crippen molar-refractivity contribution in [1.29, 1.82) is 0 Å². The molecule has 16 heavy (non-hydrogen) atoms. The third kappa shape index (κ3) is 4.30. The van der Waals surface area contributed by atoms with Crippen LogP contribution < -0.4 is 10.5 Å². The van der Waals surface area contributed by atoms with Gasteiger partial charge in [0.1, 0.15) is 0 Å². The van der Waals surface area contributed by atoms with Crippen molar-refractivity contribution in [2.45, 2.75) is 13.3 Å². The van der Waals surface area contributed by atoms with E-state index in [1.165, 1.54) is 11.3 Å². The second kappa shape index (κ2) is 5.42. The van der Waals surface area contributed by atoms with Crippen LogP contribution in [0.3, 0.4) is 0 Å². The molecular formula is C9H14N2O3S2. The first-order chi connectivity index (χ1) is 7.40. The van der Waals surface area contributed by atoms with E-state index in [0.717, 1.165) is 5.56 Å². The number of rotatable bonds is 5. The second-order valence-electron chi connectivity index (χ2n) is 3.44. The van der Waals surface area contributed by atoms with Crippen molar-refractivity contribution >= 4 is 27.3 Å². The largest absolute Gasteiger partial charge is 0.352 e. The maximum absolute atomic E-state index is 11.6. The standard InChI is InChI=1S/C9H14N2O3S2/c1-7-5-15-6-8(7)9(12)11-3-2-4-16(10,13)14/h5-6H,2-4H2,1H3,(H,11,12)(H2,10,13,14). The lowest BCUT2D eigenvalue weighted by Gasteiger charge is -2.03. The number of nitrogens with one attached hydrogen (secondary N) is 1. The minimum atomic E-state index is -3.43. The zero-order valence-corrected chi connectivity index (χ0v) is 10.5. The van der Waals surface area contributed by atoms with Gasteiger partial charge < -0.3 is 5.32 Å². The number of hydrogen-bond donors (Lipinski definition) is 2. The van der Waals surface area contributed by atoms with Gasteiger partial charge in [0.05, 0.1) is 11.3 Å². The van der Waals surface area contributed by atoms with Crippen molar-refractivity contribution in [3.05, 3.63) is 21.9 Å². The molecule has 0 saturated carbocycles. The van der Waals surface area contributed by atoms with E-state index in [2.05, 4.69) is 5.32 Å². The van der Waals surface area contributed by atoms with Crippen molar-refractivity contribution < 1.29 is 13.2 Å². The van der Waals surface area contributed by atoms with Gasteiger partial charge in [0.2, 0.25) is 10.0 Å². The Morgan fingerprint density at radius 3 is 2.69 bits per heavy atom. The summed E-state index contributed by atoms with van der Waals surface area (Å²) >= 11 is 1.46. The monoisotopic (exact) mass is 262 g/mol. The lowest BCUT2D eigenvalue weighted by molar-refractivity contribution is 0.0953. The molecule has 3 N–H and O–H groups in total. The molecule has 0 spiro atoms. The fourth-order valence-corrected chi connectivity index (χ4v) is 2.54. The zero-order valence-electron chi connectivity index (χ0n) is 8.89. The van der Waals surface area contributed by atoms with Crippen molar-refractivity contribution in [3.63, 3.8) is 0 Å². The molecule has 0 aliphatic heterocycles. The summed E-state index contributed by atoms with van der Waals surface area (Å²) in [4.78, 5) is 11.6. The average Bonchev–Trinajstić information content (AvgIpc) is 2.57. The van der Waals surface area contributed by atoms with E-state index in [-0.39, 0.29) is 11.7 Å². The highest BCUT2D eigenvalue weighted by Gasteiger charge is 2.09. The quantitative estimate of drug-likeness (QED) is 0.756. The predicted molar refractivity (Wildman–Crippen MR) is 64.0 cm³/mol. The van der Waals surface area contributed by atoms with Gasteiger partial charge >= 0.3 is 0 Å². The Hall–Kier alpha value is -0.920. The highest BCUT2D eigenvalue weighted by atomic mass is 32.2. The highest BCUT2D eigenvalue weighted by molar-refractivity contribution is 7.89. The molecule has 90 valence electrons. The van der Waals surface area contributed by atoms with E-state index in [4.69, 9.17) is 5.14 Å². The summed E-state index contributed by atoms with van der Waals surface area (Å²) in [6.45, 7) is 2.17. The summed E-state index contributed by atoms with van der Waals surface area (Å²) in [7, 11) is -3.43. The third-order valence-corrected chi connectivity index (χ3v) is 3.71. The molecule has 1 rings (SSSR count). The maximum atomic E-state index is 11.6. The fraction of sp³-hybridized carbons (Fsp3) is 0.444. The van der Waals surface area contributed by atoms with Crippen molar-refractivity contribution in [2.24, 2.45) is 5.14 Å². The van der Waals surface area contributed by atoms with Gasteiger partial charge in [-0.3, -0.25) is 4.79 Å². The first-order valence-corrected chi connectivity index (χ1v) is 7.37. The molecular weight excluding hydrogens is 248 g/mol. The number of sulfonamides is 1. The van der Waals surface area contributed by atoms with Crippen LogP contribution in [-0.4, -0.2) is 26.6 Å². The maximum Gasteiger partial charge on any atom is 0.252 e. The molecule has 1 aromatic heterocycles. The molecule has 0 atom stereocenters. The van der Waals surface area contributed by atoms with E-state index < -0.39 is 10.0 Å². The number of hydrogen-bond acceptors (Lipinski definition) is 4. The van der Waals surface area contributed by atoms with Gasteiger partial charge in [0.15, 0.2) is 0 Å². The summed E-state index contributed by atoms with van der Waals surface area (Å²) in [5, 5.41) is 11.1. The molecule has 0 unspecified atom stereocenters. The Morgan fingerprint density at radius 1 is 1.50 bits per heavy atom. The van der Waals surface area contributed by atoms with Crippen LogP contribution in [0.5, 0.6) is 0 Å². The normalized spacial score (nSPS) is 11.4. The second-order valence-corrected chi connectivity index (χ2v) is 5.92. The Morgan fingerprint density at radius 2 is 2.19 bits per heavy atom. The molecule has 0 saturated heterocycles. The average molecular weight is 262 g/mol. The molecule has 1 aromatic rings. The first-order valence-electron chi connectivity index (χ1n) is 4.71. The van der Waals surface area contributed by atoms with Crippen molar-refractivity contribution in [1.82, 2.24) is 5.32 Å². The number of amides is 1. The van der Waals surface area contributed by atoms with E-state index in [1.807, 2.05) is 12.3 Å². The van der Waals surface area contributed by atoms with Gasteiger partial charge in [-0.05, 0) is 24.3 Å². The summed E-state index contributed by atoms with van der Waals surface area (Å²) < 4.78 is 21.3. The lowest BCUT2D eigenvalue weighted by Crippen LogP contribution is -2.27. The van der Waals surface area contributed by atoms with Crippen LogP contribution in [0.2, 0.25) is 0 Å². The summed E-state index contributed by atoms with van der Waals surface area (Å²) in [5.74, 6) is -0.288. The number of carbonyl (C=O) groups excluding carboxylic acids is 1. The Balaban J connectivity index is 2.35. The highest BCUT2D eigenvalue weighted by Crippen LogP contribution is 2.12. The van der Waals surface area contributed by atoms with Crippen LogP contribution in [0.1, 0.15) is 22.3 Å². The van der Waals surface area contributed by atoms with Crippen LogP contribution in [0.15, 0.2) is 10.8 Å². The van der Waals surface area contributed by atoms with Crippen LogP contribution >= 0.6 is 11.3 Å². The number of primary sulfonamides is 1. The Kier molecular flexibility index (Phi) is 4.45. The van der Waals surface area contributed by atoms with Crippen molar-refractivity contribution in [2.75, 3.05) is 12.3 Å².